The van der Waals surface area contributed by atoms with Gasteiger partial charge >= 0.3 is 11.8 Å². The molecule has 0 unspecified atom stereocenters. The smallest absolute Gasteiger partial charge is 0.315 e. The van der Waals surface area contributed by atoms with Crippen LogP contribution in [-0.4, -0.2) is 16.8 Å². The van der Waals surface area contributed by atoms with Gasteiger partial charge < -0.3 is 10.6 Å². The summed E-state index contributed by atoms with van der Waals surface area (Å²) in [5.74, 6) is -1.07. The maximum Gasteiger partial charge on any atom is 0.315 e. The van der Waals surface area contributed by atoms with Crippen molar-refractivity contribution in [3.05, 3.63) is 53.7 Å². The first kappa shape index (κ1) is 16.7. The van der Waals surface area contributed by atoms with Gasteiger partial charge in [-0.1, -0.05) is 45.0 Å². The average Bonchev–Trinajstić information content (AvgIpc) is 2.49. The zero-order valence-corrected chi connectivity index (χ0v) is 13.8. The summed E-state index contributed by atoms with van der Waals surface area (Å²) < 4.78 is 0. The molecule has 5 nitrogen and oxygen atoms in total. The van der Waals surface area contributed by atoms with Gasteiger partial charge in [-0.15, -0.1) is 0 Å². The van der Waals surface area contributed by atoms with E-state index in [2.05, 4.69) is 36.4 Å². The Kier molecular flexibility index (Phi) is 4.79. The molecule has 0 aliphatic rings. The van der Waals surface area contributed by atoms with E-state index < -0.39 is 11.8 Å². The van der Waals surface area contributed by atoms with E-state index in [4.69, 9.17) is 0 Å². The summed E-state index contributed by atoms with van der Waals surface area (Å²) in [5.41, 5.74) is 2.26. The molecule has 1 aromatic heterocycles. The number of nitrogens with one attached hydrogen (secondary N) is 2. The van der Waals surface area contributed by atoms with Crippen LogP contribution in [0.25, 0.3) is 0 Å². The molecule has 0 fully saturated rings. The number of benzene rings is 1. The maximum atomic E-state index is 12.2. The third kappa shape index (κ3) is 4.16. The summed E-state index contributed by atoms with van der Waals surface area (Å²) in [6.45, 7) is 7.97. The first-order chi connectivity index (χ1) is 10.8. The third-order valence-corrected chi connectivity index (χ3v) is 3.43. The first-order valence-electron chi connectivity index (χ1n) is 7.42. The molecule has 1 heterocycles. The van der Waals surface area contributed by atoms with Crippen LogP contribution in [0.3, 0.4) is 0 Å². The minimum absolute atomic E-state index is 0.141. The van der Waals surface area contributed by atoms with Crippen molar-refractivity contribution in [1.29, 1.82) is 0 Å². The van der Waals surface area contributed by atoms with Crippen LogP contribution < -0.4 is 10.6 Å². The van der Waals surface area contributed by atoms with Gasteiger partial charge in [0.05, 0.1) is 0 Å². The van der Waals surface area contributed by atoms with E-state index in [9.17, 15) is 9.59 Å². The number of rotatable bonds is 2. The number of nitrogens with zero attached hydrogens (tertiary/aromatic N) is 1. The highest BCUT2D eigenvalue weighted by Gasteiger charge is 2.21. The zero-order chi connectivity index (χ0) is 17.0. The molecule has 0 aliphatic carbocycles. The Balaban J connectivity index is 2.14. The van der Waals surface area contributed by atoms with Crippen molar-refractivity contribution in [3.63, 3.8) is 0 Å². The van der Waals surface area contributed by atoms with Crippen molar-refractivity contribution >= 4 is 23.3 Å². The largest absolute Gasteiger partial charge is 0.317 e. The van der Waals surface area contributed by atoms with Crippen LogP contribution in [0.4, 0.5) is 11.5 Å². The number of hydrogen-bond acceptors (Lipinski definition) is 3. The van der Waals surface area contributed by atoms with Gasteiger partial charge in [0, 0.05) is 11.9 Å². The fourth-order valence-corrected chi connectivity index (χ4v) is 2.21. The van der Waals surface area contributed by atoms with E-state index in [1.807, 2.05) is 31.2 Å². The summed E-state index contributed by atoms with van der Waals surface area (Å²) in [6.07, 6.45) is 1.56. The lowest BCUT2D eigenvalue weighted by Gasteiger charge is -2.22. The molecule has 1 aromatic carbocycles. The molecule has 2 aromatic rings. The molecule has 0 saturated heterocycles. The lowest BCUT2D eigenvalue weighted by atomic mass is 9.86. The number of pyridine rings is 1. The van der Waals surface area contributed by atoms with E-state index in [1.54, 1.807) is 18.3 Å². The molecule has 0 radical (unpaired) electrons. The summed E-state index contributed by atoms with van der Waals surface area (Å²) in [7, 11) is 0. The standard InChI is InChI=1S/C18H21N3O2/c1-12-8-7-11-19-15(12)21-17(23)16(22)20-14-10-6-5-9-13(14)18(2,3)4/h5-11H,1-4H3,(H,20,22)(H,19,21,23). The predicted molar refractivity (Wildman–Crippen MR) is 91.4 cm³/mol. The second-order valence-corrected chi connectivity index (χ2v) is 6.37. The van der Waals surface area contributed by atoms with E-state index in [0.29, 0.717) is 11.5 Å². The van der Waals surface area contributed by atoms with Gasteiger partial charge in [0.15, 0.2) is 0 Å². The predicted octanol–water partition coefficient (Wildman–Crippen LogP) is 3.26. The highest BCUT2D eigenvalue weighted by atomic mass is 16.2. The Hall–Kier alpha value is -2.69. The Morgan fingerprint density at radius 1 is 0.957 bits per heavy atom. The van der Waals surface area contributed by atoms with Crippen molar-refractivity contribution in [2.75, 3.05) is 10.6 Å². The van der Waals surface area contributed by atoms with Gasteiger partial charge in [0.2, 0.25) is 0 Å². The number of carbonyl (C=O) groups is 2. The number of hydrogen-bond donors (Lipinski definition) is 2. The molecule has 23 heavy (non-hydrogen) atoms. The number of amides is 2. The Morgan fingerprint density at radius 2 is 1.61 bits per heavy atom. The molecule has 0 aliphatic heterocycles. The van der Waals surface area contributed by atoms with E-state index in [0.717, 1.165) is 11.1 Å². The van der Waals surface area contributed by atoms with Crippen molar-refractivity contribution in [3.8, 4) is 0 Å². The number of para-hydroxylation sites is 1. The van der Waals surface area contributed by atoms with Gasteiger partial charge in [0.25, 0.3) is 0 Å². The molecule has 120 valence electrons. The van der Waals surface area contributed by atoms with Gasteiger partial charge in [0.1, 0.15) is 5.82 Å². The third-order valence-electron chi connectivity index (χ3n) is 3.43. The van der Waals surface area contributed by atoms with E-state index in [-0.39, 0.29) is 5.41 Å². The Morgan fingerprint density at radius 3 is 2.26 bits per heavy atom. The highest BCUT2D eigenvalue weighted by Crippen LogP contribution is 2.29. The van der Waals surface area contributed by atoms with Crippen LogP contribution in [0.2, 0.25) is 0 Å². The van der Waals surface area contributed by atoms with Crippen molar-refractivity contribution in [1.82, 2.24) is 4.98 Å². The van der Waals surface area contributed by atoms with E-state index >= 15 is 0 Å². The SMILES string of the molecule is Cc1cccnc1NC(=O)C(=O)Nc1ccccc1C(C)(C)C. The molecule has 0 spiro atoms. The molecule has 0 saturated carbocycles. The monoisotopic (exact) mass is 311 g/mol. The fraction of sp³-hybridized carbons (Fsp3) is 0.278. The molecule has 0 atom stereocenters. The second-order valence-electron chi connectivity index (χ2n) is 6.37. The van der Waals surface area contributed by atoms with E-state index in [1.165, 1.54) is 0 Å². The molecule has 2 rings (SSSR count). The summed E-state index contributed by atoms with van der Waals surface area (Å²) in [5, 5.41) is 5.20. The lowest BCUT2D eigenvalue weighted by Crippen LogP contribution is -2.30. The average molecular weight is 311 g/mol. The zero-order valence-electron chi connectivity index (χ0n) is 13.8. The summed E-state index contributed by atoms with van der Waals surface area (Å²) >= 11 is 0. The van der Waals surface area contributed by atoms with Crippen molar-refractivity contribution < 1.29 is 9.59 Å². The quantitative estimate of drug-likeness (QED) is 0.836. The van der Waals surface area contributed by atoms with Gasteiger partial charge in [-0.3, -0.25) is 9.59 Å². The first-order valence-corrected chi connectivity index (χ1v) is 7.42. The van der Waals surface area contributed by atoms with Gasteiger partial charge in [-0.25, -0.2) is 4.98 Å². The van der Waals surface area contributed by atoms with Gasteiger partial charge in [-0.2, -0.15) is 0 Å². The summed E-state index contributed by atoms with van der Waals surface area (Å²) in [4.78, 5) is 28.3. The second kappa shape index (κ2) is 6.60. The lowest BCUT2D eigenvalue weighted by molar-refractivity contribution is -0.133. The molecular formula is C18H21N3O2. The minimum atomic E-state index is -0.740. The summed E-state index contributed by atoms with van der Waals surface area (Å²) in [6, 6.07) is 11.0. The highest BCUT2D eigenvalue weighted by molar-refractivity contribution is 6.43. The number of anilines is 2. The fourth-order valence-electron chi connectivity index (χ4n) is 2.21. The molecule has 0 bridgehead atoms. The van der Waals surface area contributed by atoms with Crippen molar-refractivity contribution in [2.45, 2.75) is 33.1 Å². The normalized spacial score (nSPS) is 11.0. The van der Waals surface area contributed by atoms with Crippen molar-refractivity contribution in [2.24, 2.45) is 0 Å². The number of aryl methyl sites for hydroxylation is 1. The Labute approximate surface area is 136 Å². The topological polar surface area (TPSA) is 71.1 Å². The minimum Gasteiger partial charge on any atom is -0.317 e. The van der Waals surface area contributed by atoms with Crippen LogP contribution in [0, 0.1) is 6.92 Å². The number of carbonyl (C=O) groups excluding carboxylic acids is 2. The Bertz CT molecular complexity index is 733. The van der Waals surface area contributed by atoms with Crippen LogP contribution in [0.5, 0.6) is 0 Å². The van der Waals surface area contributed by atoms with Crippen LogP contribution in [0.1, 0.15) is 31.9 Å². The maximum absolute atomic E-state index is 12.2. The number of aromatic nitrogens is 1. The van der Waals surface area contributed by atoms with Gasteiger partial charge in [-0.05, 0) is 35.6 Å². The van der Waals surface area contributed by atoms with Crippen LogP contribution in [0.15, 0.2) is 42.6 Å². The molecule has 2 N–H and O–H groups in total. The van der Waals surface area contributed by atoms with Crippen LogP contribution in [-0.2, 0) is 15.0 Å². The molecular weight excluding hydrogens is 290 g/mol. The molecule has 2 amide bonds. The molecule has 5 heteroatoms. The van der Waals surface area contributed by atoms with Crippen LogP contribution >= 0.6 is 0 Å².